The third-order valence-corrected chi connectivity index (χ3v) is 4.74. The Labute approximate surface area is 162 Å². The summed E-state index contributed by atoms with van der Waals surface area (Å²) in [4.78, 5) is 0.946. The second-order valence-electron chi connectivity index (χ2n) is 6.23. The number of rotatable bonds is 6. The Morgan fingerprint density at radius 3 is 2.23 bits per heavy atom. The fraction of sp³-hybridized carbons (Fsp3) is 0.364. The van der Waals surface area contributed by atoms with Gasteiger partial charge in [0.25, 0.3) is 0 Å². The molecule has 0 heterocycles. The van der Waals surface area contributed by atoms with E-state index in [0.29, 0.717) is 6.61 Å². The van der Waals surface area contributed by atoms with Crippen LogP contribution in [-0.2, 0) is 11.3 Å². The van der Waals surface area contributed by atoms with E-state index in [9.17, 15) is 0 Å². The van der Waals surface area contributed by atoms with Gasteiger partial charge in [0, 0.05) is 12.0 Å². The van der Waals surface area contributed by atoms with Gasteiger partial charge in [0.05, 0.1) is 12.7 Å². The number of aliphatic hydroxyl groups is 1. The van der Waals surface area contributed by atoms with Crippen LogP contribution in [0.25, 0.3) is 6.08 Å². The van der Waals surface area contributed by atoms with Gasteiger partial charge in [-0.1, -0.05) is 43.3 Å². The zero-order chi connectivity index (χ0) is 18.8. The summed E-state index contributed by atoms with van der Waals surface area (Å²) in [7, 11) is 1.00. The van der Waals surface area contributed by atoms with E-state index in [1.54, 1.807) is 0 Å². The van der Waals surface area contributed by atoms with Crippen molar-refractivity contribution in [2.75, 3.05) is 7.11 Å². The topological polar surface area (TPSA) is 38.7 Å². The smallest absolute Gasteiger partial charge is 0.125 e. The minimum absolute atomic E-state index is 0.122. The molecule has 2 unspecified atom stereocenters. The van der Waals surface area contributed by atoms with E-state index in [4.69, 9.17) is 14.6 Å². The normalized spacial score (nSPS) is 19.2. The number of hydrogen-bond acceptors (Lipinski definition) is 4. The molecule has 0 amide bonds. The second kappa shape index (κ2) is 11.1. The first kappa shape index (κ1) is 20.6. The molecule has 0 aliphatic heterocycles. The molecule has 0 radical (unpaired) electrons. The molecule has 1 saturated carbocycles. The van der Waals surface area contributed by atoms with E-state index in [0.717, 1.165) is 36.2 Å². The van der Waals surface area contributed by atoms with Crippen LogP contribution in [0.2, 0.25) is 0 Å². The van der Waals surface area contributed by atoms with Crippen molar-refractivity contribution in [1.29, 1.82) is 0 Å². The SMILES string of the molecule is C=Cc1ccc(COC2CCCCC2Oc2ccc(S)cc2)cc1.CO. The number of benzene rings is 2. The van der Waals surface area contributed by atoms with Crippen LogP contribution in [0.15, 0.2) is 60.0 Å². The maximum absolute atomic E-state index is 7.00. The lowest BCUT2D eigenvalue weighted by Crippen LogP contribution is -2.36. The molecule has 0 aromatic heterocycles. The van der Waals surface area contributed by atoms with E-state index < -0.39 is 0 Å². The van der Waals surface area contributed by atoms with Crippen molar-refractivity contribution < 1.29 is 14.6 Å². The first-order valence-corrected chi connectivity index (χ1v) is 9.43. The first-order chi connectivity index (χ1) is 12.7. The van der Waals surface area contributed by atoms with E-state index in [1.807, 2.05) is 30.3 Å². The van der Waals surface area contributed by atoms with E-state index in [-0.39, 0.29) is 12.2 Å². The van der Waals surface area contributed by atoms with Crippen LogP contribution in [0.4, 0.5) is 0 Å². The molecule has 3 rings (SSSR count). The van der Waals surface area contributed by atoms with Crippen molar-refractivity contribution >= 4 is 18.7 Å². The molecular formula is C22H28O3S. The Morgan fingerprint density at radius 1 is 1.00 bits per heavy atom. The summed E-state index contributed by atoms with van der Waals surface area (Å²) in [6, 6.07) is 16.2. The first-order valence-electron chi connectivity index (χ1n) is 8.98. The van der Waals surface area contributed by atoms with Crippen LogP contribution in [0.1, 0.15) is 36.8 Å². The molecule has 1 aliphatic carbocycles. The molecule has 2 atom stereocenters. The van der Waals surface area contributed by atoms with Crippen LogP contribution in [0.5, 0.6) is 5.75 Å². The average Bonchev–Trinajstić information content (AvgIpc) is 2.71. The Hall–Kier alpha value is -1.75. The lowest BCUT2D eigenvalue weighted by atomic mass is 9.94. The number of ether oxygens (including phenoxy) is 2. The molecule has 0 saturated heterocycles. The number of hydrogen-bond donors (Lipinski definition) is 2. The molecular weight excluding hydrogens is 344 g/mol. The van der Waals surface area contributed by atoms with Gasteiger partial charge >= 0.3 is 0 Å². The van der Waals surface area contributed by atoms with Crippen molar-refractivity contribution in [3.8, 4) is 5.75 Å². The van der Waals surface area contributed by atoms with Crippen molar-refractivity contribution in [1.82, 2.24) is 0 Å². The summed E-state index contributed by atoms with van der Waals surface area (Å²) in [6.45, 7) is 4.41. The molecule has 26 heavy (non-hydrogen) atoms. The van der Waals surface area contributed by atoms with Crippen LogP contribution in [-0.4, -0.2) is 24.4 Å². The van der Waals surface area contributed by atoms with Crippen LogP contribution in [0, 0.1) is 0 Å². The lowest BCUT2D eigenvalue weighted by molar-refractivity contribution is -0.0554. The van der Waals surface area contributed by atoms with Crippen molar-refractivity contribution in [2.24, 2.45) is 0 Å². The molecule has 2 aromatic rings. The minimum Gasteiger partial charge on any atom is -0.488 e. The Bertz CT molecular complexity index is 652. The standard InChI is InChI=1S/C21H24O2S.CH4O/c1-2-16-7-9-17(10-8-16)15-22-20-5-3-4-6-21(20)23-18-11-13-19(24)14-12-18;1-2/h2,7-14,20-21,24H,1,3-6,15H2;2H,1H3. The summed E-state index contributed by atoms with van der Waals surface area (Å²) in [5, 5.41) is 7.00. The Kier molecular flexibility index (Phi) is 8.75. The minimum atomic E-state index is 0.122. The third-order valence-electron chi connectivity index (χ3n) is 4.45. The molecule has 4 heteroatoms. The average molecular weight is 373 g/mol. The van der Waals surface area contributed by atoms with Crippen molar-refractivity contribution in [3.05, 3.63) is 66.2 Å². The molecule has 3 nitrogen and oxygen atoms in total. The van der Waals surface area contributed by atoms with Crippen molar-refractivity contribution in [2.45, 2.75) is 49.4 Å². The number of thiol groups is 1. The van der Waals surface area contributed by atoms with Crippen LogP contribution in [0.3, 0.4) is 0 Å². The maximum Gasteiger partial charge on any atom is 0.125 e. The monoisotopic (exact) mass is 372 g/mol. The van der Waals surface area contributed by atoms with Gasteiger partial charge in [-0.25, -0.2) is 0 Å². The molecule has 1 fully saturated rings. The molecule has 140 valence electrons. The summed E-state index contributed by atoms with van der Waals surface area (Å²) in [6.07, 6.45) is 6.62. The van der Waals surface area contributed by atoms with Crippen molar-refractivity contribution in [3.63, 3.8) is 0 Å². The fourth-order valence-corrected chi connectivity index (χ4v) is 3.19. The van der Waals surface area contributed by atoms with E-state index in [1.165, 1.54) is 18.4 Å². The predicted octanol–water partition coefficient (Wildman–Crippen LogP) is 5.13. The summed E-state index contributed by atoms with van der Waals surface area (Å²) in [5.74, 6) is 0.892. The Balaban J connectivity index is 0.00000117. The zero-order valence-electron chi connectivity index (χ0n) is 15.3. The van der Waals surface area contributed by atoms with Gasteiger partial charge in [-0.2, -0.15) is 0 Å². The molecule has 1 aliphatic rings. The maximum atomic E-state index is 7.00. The second-order valence-corrected chi connectivity index (χ2v) is 6.75. The Morgan fingerprint density at radius 2 is 1.62 bits per heavy atom. The largest absolute Gasteiger partial charge is 0.488 e. The highest BCUT2D eigenvalue weighted by atomic mass is 32.1. The summed E-state index contributed by atoms with van der Waals surface area (Å²) in [5.41, 5.74) is 2.31. The van der Waals surface area contributed by atoms with Gasteiger partial charge in [0.15, 0.2) is 0 Å². The highest BCUT2D eigenvalue weighted by molar-refractivity contribution is 7.80. The summed E-state index contributed by atoms with van der Waals surface area (Å²) < 4.78 is 12.4. The highest BCUT2D eigenvalue weighted by Gasteiger charge is 2.27. The highest BCUT2D eigenvalue weighted by Crippen LogP contribution is 2.27. The van der Waals surface area contributed by atoms with Crippen LogP contribution < -0.4 is 4.74 Å². The van der Waals surface area contributed by atoms with Gasteiger partial charge in [-0.15, -0.1) is 12.6 Å². The lowest BCUT2D eigenvalue weighted by Gasteiger charge is -2.32. The van der Waals surface area contributed by atoms with Gasteiger partial charge in [0.1, 0.15) is 11.9 Å². The molecule has 2 aromatic carbocycles. The molecule has 0 spiro atoms. The third kappa shape index (κ3) is 6.20. The van der Waals surface area contributed by atoms with E-state index >= 15 is 0 Å². The molecule has 1 N–H and O–H groups in total. The van der Waals surface area contributed by atoms with Crippen LogP contribution >= 0.6 is 12.6 Å². The fourth-order valence-electron chi connectivity index (χ4n) is 3.04. The van der Waals surface area contributed by atoms with E-state index in [2.05, 4.69) is 43.5 Å². The quantitative estimate of drug-likeness (QED) is 0.690. The summed E-state index contributed by atoms with van der Waals surface area (Å²) >= 11 is 4.32. The van der Waals surface area contributed by atoms with Gasteiger partial charge < -0.3 is 14.6 Å². The predicted molar refractivity (Wildman–Crippen MR) is 110 cm³/mol. The van der Waals surface area contributed by atoms with Gasteiger partial charge in [-0.05, 0) is 54.7 Å². The molecule has 0 bridgehead atoms. The number of aliphatic hydroxyl groups excluding tert-OH is 1. The zero-order valence-corrected chi connectivity index (χ0v) is 16.2. The van der Waals surface area contributed by atoms with Gasteiger partial charge in [-0.3, -0.25) is 0 Å². The van der Waals surface area contributed by atoms with Gasteiger partial charge in [0.2, 0.25) is 0 Å².